The Labute approximate surface area is 250 Å². The molecule has 5 aromatic rings. The van der Waals surface area contributed by atoms with Gasteiger partial charge in [-0.3, -0.25) is 19.0 Å². The van der Waals surface area contributed by atoms with Gasteiger partial charge in [0.05, 0.1) is 33.0 Å². The highest BCUT2D eigenvalue weighted by Gasteiger charge is 2.23. The summed E-state index contributed by atoms with van der Waals surface area (Å²) in [4.78, 5) is 42.7. The molecule has 1 aliphatic carbocycles. The van der Waals surface area contributed by atoms with Crippen LogP contribution in [0.2, 0.25) is 0 Å². The van der Waals surface area contributed by atoms with Crippen LogP contribution in [-0.2, 0) is 22.4 Å². The second-order valence-electron chi connectivity index (χ2n) is 9.78. The molecule has 2 aromatic heterocycles. The number of fused-ring (bicyclic) bond motifs is 4. The third-order valence-electron chi connectivity index (χ3n) is 6.92. The number of thioether (sulfide) groups is 2. The second-order valence-corrected chi connectivity index (χ2v) is 13.0. The van der Waals surface area contributed by atoms with Crippen molar-refractivity contribution in [1.29, 1.82) is 0 Å². The molecular formula is C31H28N4O3S3. The number of aryl methyl sites for hydroxylation is 1. The molecule has 208 valence electrons. The van der Waals surface area contributed by atoms with E-state index in [1.54, 1.807) is 0 Å². The van der Waals surface area contributed by atoms with Gasteiger partial charge in [-0.1, -0.05) is 48.2 Å². The van der Waals surface area contributed by atoms with Crippen LogP contribution in [-0.4, -0.2) is 44.5 Å². The predicted octanol–water partition coefficient (Wildman–Crippen LogP) is 6.87. The maximum Gasteiger partial charge on any atom is 0.241 e. The van der Waals surface area contributed by atoms with Gasteiger partial charge in [-0.05, 0) is 67.6 Å². The average molecular weight is 601 g/mol. The molecule has 0 bridgehead atoms. The first-order chi connectivity index (χ1) is 20.0. The molecule has 6 rings (SSSR count). The summed E-state index contributed by atoms with van der Waals surface area (Å²) in [5.41, 5.74) is 5.75. The van der Waals surface area contributed by atoms with Crippen molar-refractivity contribution in [3.8, 4) is 0 Å². The van der Waals surface area contributed by atoms with Gasteiger partial charge < -0.3 is 10.6 Å². The highest BCUT2D eigenvalue weighted by Crippen LogP contribution is 2.34. The fourth-order valence-electron chi connectivity index (χ4n) is 5.16. The van der Waals surface area contributed by atoms with Gasteiger partial charge in [-0.15, -0.1) is 23.1 Å². The van der Waals surface area contributed by atoms with E-state index in [0.29, 0.717) is 11.4 Å². The van der Waals surface area contributed by atoms with Crippen LogP contribution in [0.15, 0.2) is 77.1 Å². The van der Waals surface area contributed by atoms with Crippen molar-refractivity contribution >= 4 is 85.1 Å². The van der Waals surface area contributed by atoms with E-state index in [9.17, 15) is 14.4 Å². The van der Waals surface area contributed by atoms with E-state index in [4.69, 9.17) is 4.98 Å². The fourth-order valence-corrected chi connectivity index (χ4v) is 7.74. The lowest BCUT2D eigenvalue weighted by molar-refractivity contribution is -0.114. The molecule has 0 spiro atoms. The molecule has 2 amide bonds. The number of hydrogen-bond donors (Lipinski definition) is 2. The van der Waals surface area contributed by atoms with Gasteiger partial charge in [0.2, 0.25) is 17.7 Å². The summed E-state index contributed by atoms with van der Waals surface area (Å²) in [6.45, 7) is 0. The Morgan fingerprint density at radius 1 is 0.829 bits per heavy atom. The normalized spacial score (nSPS) is 12.8. The van der Waals surface area contributed by atoms with Crippen molar-refractivity contribution in [2.75, 3.05) is 27.9 Å². The molecule has 41 heavy (non-hydrogen) atoms. The number of nitrogens with one attached hydrogen (secondary N) is 2. The van der Waals surface area contributed by atoms with E-state index in [2.05, 4.69) is 16.7 Å². The average Bonchev–Trinajstić information content (AvgIpc) is 3.55. The molecule has 2 N–H and O–H groups in total. The van der Waals surface area contributed by atoms with Crippen LogP contribution in [0.25, 0.3) is 21.1 Å². The molecule has 0 atom stereocenters. The van der Waals surface area contributed by atoms with Crippen molar-refractivity contribution in [2.24, 2.45) is 0 Å². The second kappa shape index (κ2) is 12.5. The van der Waals surface area contributed by atoms with Crippen LogP contribution in [0.3, 0.4) is 0 Å². The lowest BCUT2D eigenvalue weighted by Crippen LogP contribution is -2.18. The van der Waals surface area contributed by atoms with Gasteiger partial charge in [-0.25, -0.2) is 4.98 Å². The molecule has 0 saturated carbocycles. The number of para-hydroxylation sites is 2. The topological polar surface area (TPSA) is 93.1 Å². The third-order valence-corrected chi connectivity index (χ3v) is 10.0. The first-order valence-electron chi connectivity index (χ1n) is 13.5. The molecule has 10 heteroatoms. The Balaban J connectivity index is 1.04. The molecule has 0 saturated heterocycles. The zero-order valence-electron chi connectivity index (χ0n) is 22.2. The molecule has 3 aromatic carbocycles. The molecule has 2 heterocycles. The van der Waals surface area contributed by atoms with Gasteiger partial charge in [0.25, 0.3) is 0 Å². The molecule has 1 aliphatic rings. The quantitative estimate of drug-likeness (QED) is 0.179. The summed E-state index contributed by atoms with van der Waals surface area (Å²) in [5.74, 6) is 0.434. The first kappa shape index (κ1) is 27.6. The number of carbonyl (C=O) groups excluding carboxylic acids is 3. The minimum Gasteiger partial charge on any atom is -0.325 e. The van der Waals surface area contributed by atoms with Gasteiger partial charge in [0.15, 0.2) is 4.34 Å². The van der Waals surface area contributed by atoms with Crippen molar-refractivity contribution < 1.29 is 14.4 Å². The van der Waals surface area contributed by atoms with Crippen LogP contribution >= 0.6 is 34.9 Å². The van der Waals surface area contributed by atoms with E-state index in [-0.39, 0.29) is 29.2 Å². The van der Waals surface area contributed by atoms with Gasteiger partial charge in [-0.2, -0.15) is 0 Å². The molecule has 0 aliphatic heterocycles. The number of carbonyl (C=O) groups is 3. The van der Waals surface area contributed by atoms with Crippen LogP contribution in [0.4, 0.5) is 11.4 Å². The van der Waals surface area contributed by atoms with E-state index in [1.165, 1.54) is 57.9 Å². The van der Waals surface area contributed by atoms with E-state index < -0.39 is 0 Å². The van der Waals surface area contributed by atoms with Crippen LogP contribution in [0, 0.1) is 0 Å². The monoisotopic (exact) mass is 600 g/mol. The summed E-state index contributed by atoms with van der Waals surface area (Å²) >= 11 is 4.23. The number of benzene rings is 3. The fraction of sp³-hybridized carbons (Fsp3) is 0.226. The Morgan fingerprint density at radius 3 is 2.39 bits per heavy atom. The van der Waals surface area contributed by atoms with Gasteiger partial charge in [0.1, 0.15) is 0 Å². The molecule has 0 unspecified atom stereocenters. The van der Waals surface area contributed by atoms with Crippen molar-refractivity contribution in [2.45, 2.75) is 30.0 Å². The zero-order chi connectivity index (χ0) is 28.2. The number of hydrogen-bond acceptors (Lipinski definition) is 7. The van der Waals surface area contributed by atoms with Crippen molar-refractivity contribution in [3.05, 3.63) is 84.1 Å². The summed E-state index contributed by atoms with van der Waals surface area (Å²) < 4.78 is 3.69. The van der Waals surface area contributed by atoms with E-state index in [0.717, 1.165) is 45.0 Å². The lowest BCUT2D eigenvalue weighted by Gasteiger charge is -2.14. The Kier molecular flexibility index (Phi) is 8.41. The number of anilines is 2. The van der Waals surface area contributed by atoms with E-state index >= 15 is 0 Å². The Bertz CT molecular complexity index is 1750. The zero-order valence-corrected chi connectivity index (χ0v) is 24.7. The van der Waals surface area contributed by atoms with E-state index in [1.807, 2.05) is 71.3 Å². The molecule has 0 radical (unpaired) electrons. The smallest absolute Gasteiger partial charge is 0.241 e. The van der Waals surface area contributed by atoms with Crippen molar-refractivity contribution in [3.63, 3.8) is 0 Å². The standard InChI is InChI=1S/C31H28N4O3S3/c36-28(32-20-8-2-1-3-9-20)17-39-18-29(37)33-21-14-15-24-27(16-21)41-31(34-24)40-19-30(38)35-25-12-6-4-10-22(25)23-11-5-7-13-26(23)35/h1-4,6,8-10,12,14-16H,5,7,11,13,17-19H2,(H,32,36)(H,33,37). The number of aromatic nitrogens is 2. The number of rotatable bonds is 9. The number of nitrogens with zero attached hydrogens (tertiary/aromatic N) is 2. The summed E-state index contributed by atoms with van der Waals surface area (Å²) in [7, 11) is 0. The van der Waals surface area contributed by atoms with Crippen LogP contribution in [0.1, 0.15) is 28.9 Å². The summed E-state index contributed by atoms with van der Waals surface area (Å²) in [5, 5.41) is 6.92. The Morgan fingerprint density at radius 2 is 1.56 bits per heavy atom. The first-order valence-corrected chi connectivity index (χ1v) is 16.4. The van der Waals surface area contributed by atoms with Crippen molar-refractivity contribution in [1.82, 2.24) is 9.55 Å². The maximum absolute atomic E-state index is 13.4. The Hall–Kier alpha value is -3.60. The molecule has 7 nitrogen and oxygen atoms in total. The molecular weight excluding hydrogens is 573 g/mol. The minimum atomic E-state index is -0.172. The minimum absolute atomic E-state index is 0.0801. The highest BCUT2D eigenvalue weighted by molar-refractivity contribution is 8.01. The van der Waals surface area contributed by atoms with Gasteiger partial charge >= 0.3 is 0 Å². The third kappa shape index (κ3) is 6.34. The summed E-state index contributed by atoms with van der Waals surface area (Å²) in [6.07, 6.45) is 4.25. The highest BCUT2D eigenvalue weighted by atomic mass is 32.2. The molecule has 0 fully saturated rings. The van der Waals surface area contributed by atoms with Gasteiger partial charge in [0, 0.05) is 22.5 Å². The largest absolute Gasteiger partial charge is 0.325 e. The summed E-state index contributed by atoms with van der Waals surface area (Å²) in [6, 6.07) is 23.1. The van der Waals surface area contributed by atoms with Crippen LogP contribution < -0.4 is 10.6 Å². The predicted molar refractivity (Wildman–Crippen MR) is 171 cm³/mol. The lowest BCUT2D eigenvalue weighted by atomic mass is 9.96. The SMILES string of the molecule is O=C(CSCC(=O)Nc1ccc2nc(SCC(=O)n3c4c(c5ccccc53)CCCC4)sc2c1)Nc1ccccc1. The maximum atomic E-state index is 13.4. The number of amides is 2. The van der Waals surface area contributed by atoms with Crippen LogP contribution in [0.5, 0.6) is 0 Å². The number of thiazole rings is 1.